The summed E-state index contributed by atoms with van der Waals surface area (Å²) in [6.07, 6.45) is 3.68. The second kappa shape index (κ2) is 4.22. The third-order valence-electron chi connectivity index (χ3n) is 2.36. The lowest BCUT2D eigenvalue weighted by molar-refractivity contribution is 0.756. The lowest BCUT2D eigenvalue weighted by Gasteiger charge is -2.04. The molecule has 0 saturated heterocycles. The Bertz CT molecular complexity index is 489. The molecule has 2 rings (SSSR count). The molecule has 5 nitrogen and oxygen atoms in total. The van der Waals surface area contributed by atoms with Crippen molar-refractivity contribution in [2.75, 3.05) is 11.1 Å². The molecular formula is C11H15N5. The molecule has 2 aromatic rings. The smallest absolute Gasteiger partial charge is 0.128 e. The summed E-state index contributed by atoms with van der Waals surface area (Å²) < 4.78 is 1.80. The van der Waals surface area contributed by atoms with Crippen LogP contribution >= 0.6 is 0 Å². The van der Waals surface area contributed by atoms with E-state index >= 15 is 0 Å². The van der Waals surface area contributed by atoms with Crippen LogP contribution in [-0.2, 0) is 13.6 Å². The quantitative estimate of drug-likeness (QED) is 0.813. The highest BCUT2D eigenvalue weighted by atomic mass is 15.3. The van der Waals surface area contributed by atoms with Crippen molar-refractivity contribution in [3.8, 4) is 0 Å². The molecule has 0 aliphatic rings. The van der Waals surface area contributed by atoms with Crippen LogP contribution in [0.15, 0.2) is 24.5 Å². The van der Waals surface area contributed by atoms with Gasteiger partial charge in [-0.15, -0.1) is 0 Å². The minimum Gasteiger partial charge on any atom is -0.399 e. The number of nitrogens with zero attached hydrogens (tertiary/aromatic N) is 3. The van der Waals surface area contributed by atoms with Gasteiger partial charge in [-0.25, -0.2) is 4.98 Å². The van der Waals surface area contributed by atoms with Gasteiger partial charge in [0, 0.05) is 43.3 Å². The molecule has 16 heavy (non-hydrogen) atoms. The number of pyridine rings is 1. The summed E-state index contributed by atoms with van der Waals surface area (Å²) in [5.41, 5.74) is 8.56. The lowest BCUT2D eigenvalue weighted by Crippen LogP contribution is -2.02. The zero-order valence-corrected chi connectivity index (χ0v) is 9.44. The first-order valence-corrected chi connectivity index (χ1v) is 5.09. The minimum absolute atomic E-state index is 0.704. The third kappa shape index (κ3) is 2.31. The number of nitrogens with two attached hydrogens (primary N) is 1. The number of rotatable bonds is 3. The van der Waals surface area contributed by atoms with Crippen LogP contribution in [0.3, 0.4) is 0 Å². The van der Waals surface area contributed by atoms with Gasteiger partial charge in [-0.05, 0) is 13.0 Å². The van der Waals surface area contributed by atoms with Gasteiger partial charge in [-0.3, -0.25) is 4.68 Å². The molecule has 0 bridgehead atoms. The first kappa shape index (κ1) is 10.5. The fourth-order valence-corrected chi connectivity index (χ4v) is 1.55. The number of nitrogens with one attached hydrogen (secondary N) is 1. The number of anilines is 2. The highest BCUT2D eigenvalue weighted by Gasteiger charge is 2.02. The summed E-state index contributed by atoms with van der Waals surface area (Å²) in [5, 5.41) is 7.48. The van der Waals surface area contributed by atoms with Crippen LogP contribution in [0.5, 0.6) is 0 Å². The van der Waals surface area contributed by atoms with E-state index in [0.29, 0.717) is 12.2 Å². The largest absolute Gasteiger partial charge is 0.399 e. The normalized spacial score (nSPS) is 10.4. The van der Waals surface area contributed by atoms with Gasteiger partial charge in [-0.2, -0.15) is 5.10 Å². The van der Waals surface area contributed by atoms with Crippen LogP contribution in [0.1, 0.15) is 11.3 Å². The molecule has 0 unspecified atom stereocenters. The predicted molar refractivity (Wildman–Crippen MR) is 63.9 cm³/mol. The Morgan fingerprint density at radius 3 is 2.94 bits per heavy atom. The number of nitrogen functional groups attached to an aromatic ring is 1. The second-order valence-corrected chi connectivity index (χ2v) is 3.74. The molecular weight excluding hydrogens is 202 g/mol. The maximum Gasteiger partial charge on any atom is 0.128 e. The number of aryl methyl sites for hydroxylation is 2. The summed E-state index contributed by atoms with van der Waals surface area (Å²) in [5.74, 6) is 0.781. The Labute approximate surface area is 94.3 Å². The van der Waals surface area contributed by atoms with Crippen molar-refractivity contribution in [3.05, 3.63) is 35.8 Å². The molecule has 0 aliphatic carbocycles. The summed E-state index contributed by atoms with van der Waals surface area (Å²) >= 11 is 0. The molecule has 2 heterocycles. The molecule has 5 heteroatoms. The lowest BCUT2D eigenvalue weighted by atomic mass is 10.2. The van der Waals surface area contributed by atoms with Crippen molar-refractivity contribution < 1.29 is 0 Å². The van der Waals surface area contributed by atoms with Crippen molar-refractivity contribution in [1.82, 2.24) is 14.8 Å². The van der Waals surface area contributed by atoms with Crippen molar-refractivity contribution in [2.24, 2.45) is 7.05 Å². The Kier molecular flexibility index (Phi) is 2.76. The van der Waals surface area contributed by atoms with Gasteiger partial charge >= 0.3 is 0 Å². The van der Waals surface area contributed by atoms with Crippen molar-refractivity contribution >= 4 is 11.5 Å². The Balaban J connectivity index is 2.05. The molecule has 0 fully saturated rings. The fourth-order valence-electron chi connectivity index (χ4n) is 1.55. The maximum atomic E-state index is 5.67. The predicted octanol–water partition coefficient (Wildman–Crippen LogP) is 1.32. The molecule has 0 radical (unpaired) electrons. The molecule has 0 aromatic carbocycles. The Morgan fingerprint density at radius 2 is 2.31 bits per heavy atom. The van der Waals surface area contributed by atoms with Crippen LogP contribution in [0.4, 0.5) is 11.5 Å². The minimum atomic E-state index is 0.704. The number of hydrogen-bond acceptors (Lipinski definition) is 4. The van der Waals surface area contributed by atoms with Crippen molar-refractivity contribution in [2.45, 2.75) is 13.5 Å². The molecule has 84 valence electrons. The van der Waals surface area contributed by atoms with Crippen LogP contribution in [0.25, 0.3) is 0 Å². The SMILES string of the molecule is Cc1nn(C)cc1CNc1cc(N)ccn1. The van der Waals surface area contributed by atoms with E-state index in [2.05, 4.69) is 15.4 Å². The summed E-state index contributed by atoms with van der Waals surface area (Å²) in [7, 11) is 1.91. The standard InChI is InChI=1S/C11H15N5/c1-8-9(7-16(2)15-8)6-14-11-5-10(12)3-4-13-11/h3-5,7H,6H2,1-2H3,(H3,12,13,14). The van der Waals surface area contributed by atoms with Crippen molar-refractivity contribution in [1.29, 1.82) is 0 Å². The van der Waals surface area contributed by atoms with Gasteiger partial charge in [0.25, 0.3) is 0 Å². The zero-order valence-electron chi connectivity index (χ0n) is 9.44. The van der Waals surface area contributed by atoms with E-state index in [-0.39, 0.29) is 0 Å². The highest BCUT2D eigenvalue weighted by molar-refractivity contribution is 5.48. The fraction of sp³-hybridized carbons (Fsp3) is 0.273. The van der Waals surface area contributed by atoms with E-state index in [1.165, 1.54) is 0 Å². The van der Waals surface area contributed by atoms with E-state index in [1.54, 1.807) is 16.9 Å². The first-order valence-electron chi connectivity index (χ1n) is 5.09. The molecule has 0 amide bonds. The summed E-state index contributed by atoms with van der Waals surface area (Å²) in [6, 6.07) is 3.58. The monoisotopic (exact) mass is 217 g/mol. The first-order chi connectivity index (χ1) is 7.65. The van der Waals surface area contributed by atoms with Crippen molar-refractivity contribution in [3.63, 3.8) is 0 Å². The molecule has 3 N–H and O–H groups in total. The van der Waals surface area contributed by atoms with Gasteiger partial charge in [0.1, 0.15) is 5.82 Å². The van der Waals surface area contributed by atoms with Crippen LogP contribution in [0.2, 0.25) is 0 Å². The molecule has 0 aliphatic heterocycles. The molecule has 0 saturated carbocycles. The van der Waals surface area contributed by atoms with Gasteiger partial charge in [0.15, 0.2) is 0 Å². The topological polar surface area (TPSA) is 68.8 Å². The third-order valence-corrected chi connectivity index (χ3v) is 2.36. The Morgan fingerprint density at radius 1 is 1.50 bits per heavy atom. The molecule has 0 atom stereocenters. The number of hydrogen-bond donors (Lipinski definition) is 2. The second-order valence-electron chi connectivity index (χ2n) is 3.74. The van der Waals surface area contributed by atoms with Gasteiger partial charge in [-0.1, -0.05) is 0 Å². The van der Waals surface area contributed by atoms with Crippen LogP contribution < -0.4 is 11.1 Å². The van der Waals surface area contributed by atoms with Gasteiger partial charge in [0.05, 0.1) is 5.69 Å². The van der Waals surface area contributed by atoms with Gasteiger partial charge in [0.2, 0.25) is 0 Å². The average molecular weight is 217 g/mol. The van der Waals surface area contributed by atoms with E-state index in [9.17, 15) is 0 Å². The molecule has 0 spiro atoms. The van der Waals surface area contributed by atoms with E-state index in [4.69, 9.17) is 5.73 Å². The summed E-state index contributed by atoms with van der Waals surface area (Å²) in [4.78, 5) is 4.17. The van der Waals surface area contributed by atoms with E-state index in [0.717, 1.165) is 17.1 Å². The maximum absolute atomic E-state index is 5.67. The summed E-state index contributed by atoms with van der Waals surface area (Å²) in [6.45, 7) is 2.69. The Hall–Kier alpha value is -2.04. The average Bonchev–Trinajstić information content (AvgIpc) is 2.54. The molecule has 2 aromatic heterocycles. The van der Waals surface area contributed by atoms with Gasteiger partial charge < -0.3 is 11.1 Å². The van der Waals surface area contributed by atoms with E-state index in [1.807, 2.05) is 26.2 Å². The highest BCUT2D eigenvalue weighted by Crippen LogP contribution is 2.11. The van der Waals surface area contributed by atoms with E-state index < -0.39 is 0 Å². The van der Waals surface area contributed by atoms with Crippen LogP contribution in [-0.4, -0.2) is 14.8 Å². The van der Waals surface area contributed by atoms with Crippen LogP contribution in [0, 0.1) is 6.92 Å². The number of aromatic nitrogens is 3. The zero-order chi connectivity index (χ0) is 11.5.